The lowest BCUT2D eigenvalue weighted by Gasteiger charge is -2.34. The molecule has 31 heavy (non-hydrogen) atoms. The van der Waals surface area contributed by atoms with Crippen LogP contribution in [0.15, 0.2) is 30.3 Å². The molecule has 168 valence electrons. The first kappa shape index (κ1) is 23.2. The highest BCUT2D eigenvalue weighted by Crippen LogP contribution is 2.37. The van der Waals surface area contributed by atoms with Crippen molar-refractivity contribution in [3.8, 4) is 0 Å². The summed E-state index contributed by atoms with van der Waals surface area (Å²) in [6.07, 6.45) is -1.98. The fourth-order valence-corrected chi connectivity index (χ4v) is 4.21. The fourth-order valence-electron chi connectivity index (χ4n) is 4.21. The number of benzene rings is 2. The van der Waals surface area contributed by atoms with E-state index >= 15 is 0 Å². The number of carbonyl (C=O) groups excluding carboxylic acids is 1. The van der Waals surface area contributed by atoms with Crippen LogP contribution in [0.5, 0.6) is 0 Å². The molecule has 3 rings (SSSR count). The zero-order chi connectivity index (χ0) is 23.0. The van der Waals surface area contributed by atoms with Gasteiger partial charge in [0.2, 0.25) is 5.91 Å². The number of amides is 1. The van der Waals surface area contributed by atoms with Crippen molar-refractivity contribution in [2.75, 3.05) is 16.8 Å². The maximum atomic E-state index is 12.8. The van der Waals surface area contributed by atoms with Crippen molar-refractivity contribution in [2.45, 2.75) is 66.6 Å². The average Bonchev–Trinajstić information content (AvgIpc) is 2.64. The Balaban J connectivity index is 1.84. The van der Waals surface area contributed by atoms with E-state index in [1.165, 1.54) is 5.56 Å². The molecule has 0 radical (unpaired) electrons. The van der Waals surface area contributed by atoms with Crippen molar-refractivity contribution >= 4 is 17.3 Å². The van der Waals surface area contributed by atoms with Crippen molar-refractivity contribution in [2.24, 2.45) is 5.41 Å². The molecule has 0 aliphatic carbocycles. The SMILES string of the molecule is Cc1cc2c(c(C)c1NC(=O)CC(C)(C)C)CCCN2Cc1ccc(C(F)(F)F)cc1. The van der Waals surface area contributed by atoms with Gasteiger partial charge in [0.15, 0.2) is 0 Å². The summed E-state index contributed by atoms with van der Waals surface area (Å²) in [5, 5.41) is 3.11. The van der Waals surface area contributed by atoms with Crippen LogP contribution in [0.3, 0.4) is 0 Å². The summed E-state index contributed by atoms with van der Waals surface area (Å²) < 4.78 is 38.5. The molecule has 1 N–H and O–H groups in total. The zero-order valence-corrected chi connectivity index (χ0v) is 18.9. The van der Waals surface area contributed by atoms with E-state index in [4.69, 9.17) is 0 Å². The maximum Gasteiger partial charge on any atom is 0.416 e. The van der Waals surface area contributed by atoms with Crippen LogP contribution in [0.4, 0.5) is 24.5 Å². The molecule has 3 nitrogen and oxygen atoms in total. The van der Waals surface area contributed by atoms with E-state index in [-0.39, 0.29) is 11.3 Å². The molecule has 1 heterocycles. The largest absolute Gasteiger partial charge is 0.416 e. The average molecular weight is 433 g/mol. The first-order valence-electron chi connectivity index (χ1n) is 10.7. The van der Waals surface area contributed by atoms with Gasteiger partial charge >= 0.3 is 6.18 Å². The van der Waals surface area contributed by atoms with Crippen LogP contribution in [0.2, 0.25) is 0 Å². The van der Waals surface area contributed by atoms with Crippen LogP contribution >= 0.6 is 0 Å². The molecular formula is C25H31F3N2O. The van der Waals surface area contributed by atoms with Gasteiger partial charge in [-0.1, -0.05) is 32.9 Å². The maximum absolute atomic E-state index is 12.8. The lowest BCUT2D eigenvalue weighted by atomic mass is 9.90. The number of anilines is 2. The van der Waals surface area contributed by atoms with Crippen LogP contribution in [-0.4, -0.2) is 12.5 Å². The lowest BCUT2D eigenvalue weighted by Crippen LogP contribution is -2.30. The van der Waals surface area contributed by atoms with Gasteiger partial charge in [-0.15, -0.1) is 0 Å². The second-order valence-electron chi connectivity index (χ2n) is 9.70. The number of halogens is 3. The second-order valence-corrected chi connectivity index (χ2v) is 9.70. The zero-order valence-electron chi connectivity index (χ0n) is 18.9. The smallest absolute Gasteiger partial charge is 0.367 e. The normalized spacial score (nSPS) is 14.4. The van der Waals surface area contributed by atoms with Gasteiger partial charge in [0, 0.05) is 30.9 Å². The molecular weight excluding hydrogens is 401 g/mol. The van der Waals surface area contributed by atoms with Gasteiger partial charge in [-0.05, 0) is 72.6 Å². The van der Waals surface area contributed by atoms with E-state index in [0.717, 1.165) is 59.6 Å². The van der Waals surface area contributed by atoms with E-state index in [9.17, 15) is 18.0 Å². The Bertz CT molecular complexity index is 957. The molecule has 0 fully saturated rings. The highest BCUT2D eigenvalue weighted by molar-refractivity contribution is 5.93. The van der Waals surface area contributed by atoms with Gasteiger partial charge in [0.05, 0.1) is 5.56 Å². The molecule has 2 aromatic rings. The Hall–Kier alpha value is -2.50. The van der Waals surface area contributed by atoms with Crippen LogP contribution in [0.1, 0.15) is 61.4 Å². The van der Waals surface area contributed by atoms with Crippen molar-refractivity contribution in [3.63, 3.8) is 0 Å². The van der Waals surface area contributed by atoms with Crippen LogP contribution < -0.4 is 10.2 Å². The molecule has 2 aromatic carbocycles. The first-order chi connectivity index (χ1) is 14.3. The number of fused-ring (bicyclic) bond motifs is 1. The second kappa shape index (κ2) is 8.56. The summed E-state index contributed by atoms with van der Waals surface area (Å²) in [5.74, 6) is 0.0102. The van der Waals surface area contributed by atoms with Crippen molar-refractivity contribution in [3.05, 3.63) is 58.1 Å². The monoisotopic (exact) mass is 432 g/mol. The number of aryl methyl sites for hydroxylation is 1. The molecule has 1 amide bonds. The number of hydrogen-bond donors (Lipinski definition) is 1. The number of rotatable bonds is 4. The molecule has 0 unspecified atom stereocenters. The molecule has 0 atom stereocenters. The Morgan fingerprint density at radius 3 is 2.32 bits per heavy atom. The highest BCUT2D eigenvalue weighted by atomic mass is 19.4. The van der Waals surface area contributed by atoms with Crippen molar-refractivity contribution < 1.29 is 18.0 Å². The Labute approximate surface area is 182 Å². The summed E-state index contributed by atoms with van der Waals surface area (Å²) in [7, 11) is 0. The van der Waals surface area contributed by atoms with Crippen LogP contribution in [0.25, 0.3) is 0 Å². The minimum Gasteiger partial charge on any atom is -0.367 e. The lowest BCUT2D eigenvalue weighted by molar-refractivity contribution is -0.137. The Kier molecular flexibility index (Phi) is 6.40. The number of nitrogens with zero attached hydrogens (tertiary/aromatic N) is 1. The summed E-state index contributed by atoms with van der Waals surface area (Å²) >= 11 is 0. The minimum atomic E-state index is -4.32. The molecule has 0 bridgehead atoms. The standard InChI is InChI=1S/C25H31F3N2O/c1-16-13-21-20(17(2)23(16)29-22(31)14-24(3,4)5)7-6-12-30(21)15-18-8-10-19(11-9-18)25(26,27)28/h8-11,13H,6-7,12,14-15H2,1-5H3,(H,29,31). The Morgan fingerprint density at radius 2 is 1.74 bits per heavy atom. The van der Waals surface area contributed by atoms with Gasteiger partial charge in [-0.25, -0.2) is 0 Å². The van der Waals surface area contributed by atoms with Crippen molar-refractivity contribution in [1.82, 2.24) is 0 Å². The summed E-state index contributed by atoms with van der Waals surface area (Å²) in [6.45, 7) is 11.6. The Morgan fingerprint density at radius 1 is 1.10 bits per heavy atom. The molecule has 0 saturated heterocycles. The quantitative estimate of drug-likeness (QED) is 0.587. The van der Waals surface area contributed by atoms with Crippen LogP contribution in [0, 0.1) is 19.3 Å². The summed E-state index contributed by atoms with van der Waals surface area (Å²) in [6, 6.07) is 7.49. The molecule has 0 aromatic heterocycles. The van der Waals surface area contributed by atoms with Gasteiger partial charge < -0.3 is 10.2 Å². The molecule has 1 aliphatic rings. The van der Waals surface area contributed by atoms with Gasteiger partial charge in [-0.2, -0.15) is 13.2 Å². The van der Waals surface area contributed by atoms with Crippen molar-refractivity contribution in [1.29, 1.82) is 0 Å². The predicted octanol–water partition coefficient (Wildman–Crippen LogP) is 6.65. The topological polar surface area (TPSA) is 32.3 Å². The number of carbonyl (C=O) groups is 1. The minimum absolute atomic E-state index is 0.0102. The summed E-state index contributed by atoms with van der Waals surface area (Å²) in [4.78, 5) is 14.7. The van der Waals surface area contributed by atoms with E-state index < -0.39 is 11.7 Å². The third kappa shape index (κ3) is 5.60. The third-order valence-corrected chi connectivity index (χ3v) is 5.69. The molecule has 0 saturated carbocycles. The van der Waals surface area contributed by atoms with Gasteiger partial charge in [0.25, 0.3) is 0 Å². The number of hydrogen-bond acceptors (Lipinski definition) is 2. The molecule has 0 spiro atoms. The van der Waals surface area contributed by atoms with Gasteiger partial charge in [0.1, 0.15) is 0 Å². The van der Waals surface area contributed by atoms with E-state index in [0.29, 0.717) is 13.0 Å². The predicted molar refractivity (Wildman–Crippen MR) is 119 cm³/mol. The van der Waals surface area contributed by atoms with E-state index in [1.807, 2.05) is 34.6 Å². The third-order valence-electron chi connectivity index (χ3n) is 5.69. The fraction of sp³-hybridized carbons (Fsp3) is 0.480. The van der Waals surface area contributed by atoms with Crippen LogP contribution in [-0.2, 0) is 23.9 Å². The van der Waals surface area contributed by atoms with E-state index in [2.05, 4.69) is 16.3 Å². The number of nitrogens with one attached hydrogen (secondary N) is 1. The summed E-state index contributed by atoms with van der Waals surface area (Å²) in [5.41, 5.74) is 5.40. The van der Waals surface area contributed by atoms with E-state index in [1.54, 1.807) is 12.1 Å². The number of alkyl halides is 3. The molecule has 6 heteroatoms. The first-order valence-corrected chi connectivity index (χ1v) is 10.7. The molecule has 1 aliphatic heterocycles. The van der Waals surface area contributed by atoms with Gasteiger partial charge in [-0.3, -0.25) is 4.79 Å². The highest BCUT2D eigenvalue weighted by Gasteiger charge is 2.30.